The number of aromatic amines is 1. The normalized spacial score (nSPS) is 11.2. The lowest BCUT2D eigenvalue weighted by Gasteiger charge is -2.05. The molecule has 0 unspecified atom stereocenters. The molecule has 0 saturated carbocycles. The molecule has 0 spiro atoms. The number of H-pyrrole nitrogens is 1. The number of sulfonamides is 1. The van der Waals surface area contributed by atoms with Crippen LogP contribution in [0.4, 0.5) is 11.5 Å². The molecule has 16 heavy (non-hydrogen) atoms. The van der Waals surface area contributed by atoms with Gasteiger partial charge in [-0.25, -0.2) is 18.4 Å². The highest BCUT2D eigenvalue weighted by Crippen LogP contribution is 2.17. The van der Waals surface area contributed by atoms with Gasteiger partial charge in [0.2, 0.25) is 0 Å². The number of nitrogen functional groups attached to an aromatic ring is 1. The van der Waals surface area contributed by atoms with Crippen molar-refractivity contribution >= 4 is 21.5 Å². The SMILES string of the molecule is Nc1[nH]ncc1S(=O)(=O)Nc1cncnc1. The number of nitrogens with one attached hydrogen (secondary N) is 2. The molecule has 0 aliphatic rings. The summed E-state index contributed by atoms with van der Waals surface area (Å²) in [6.07, 6.45) is 5.09. The van der Waals surface area contributed by atoms with Gasteiger partial charge in [-0.1, -0.05) is 0 Å². The van der Waals surface area contributed by atoms with Gasteiger partial charge in [0.1, 0.15) is 17.0 Å². The van der Waals surface area contributed by atoms with Crippen molar-refractivity contribution in [2.75, 3.05) is 10.5 Å². The van der Waals surface area contributed by atoms with Crippen molar-refractivity contribution in [1.82, 2.24) is 20.2 Å². The Morgan fingerprint density at radius 1 is 1.25 bits per heavy atom. The van der Waals surface area contributed by atoms with Gasteiger partial charge in [0.05, 0.1) is 24.3 Å². The van der Waals surface area contributed by atoms with Gasteiger partial charge in [-0.3, -0.25) is 9.82 Å². The molecule has 2 aromatic heterocycles. The second kappa shape index (κ2) is 3.77. The lowest BCUT2D eigenvalue weighted by Crippen LogP contribution is -2.14. The number of nitrogens with two attached hydrogens (primary N) is 1. The van der Waals surface area contributed by atoms with Crippen LogP contribution in [0, 0.1) is 0 Å². The topological polar surface area (TPSA) is 127 Å². The Bertz CT molecular complexity index is 578. The maximum absolute atomic E-state index is 11.8. The summed E-state index contributed by atoms with van der Waals surface area (Å²) in [5.41, 5.74) is 5.66. The molecule has 0 atom stereocenters. The van der Waals surface area contributed by atoms with Gasteiger partial charge in [-0.2, -0.15) is 5.10 Å². The van der Waals surface area contributed by atoms with E-state index in [2.05, 4.69) is 24.9 Å². The molecule has 0 saturated heterocycles. The molecule has 2 heterocycles. The quantitative estimate of drug-likeness (QED) is 0.668. The van der Waals surface area contributed by atoms with E-state index in [1.54, 1.807) is 0 Å². The lowest BCUT2D eigenvalue weighted by atomic mass is 10.6. The van der Waals surface area contributed by atoms with E-state index in [1.807, 2.05) is 0 Å². The third kappa shape index (κ3) is 1.93. The van der Waals surface area contributed by atoms with Crippen LogP contribution in [0.15, 0.2) is 29.8 Å². The summed E-state index contributed by atoms with van der Waals surface area (Å²) >= 11 is 0. The molecule has 0 radical (unpaired) electrons. The van der Waals surface area contributed by atoms with Crippen LogP contribution in [-0.4, -0.2) is 28.6 Å². The molecule has 0 aliphatic carbocycles. The van der Waals surface area contributed by atoms with E-state index >= 15 is 0 Å². The zero-order valence-electron chi connectivity index (χ0n) is 7.95. The Kier molecular flexibility index (Phi) is 2.44. The Morgan fingerprint density at radius 3 is 2.50 bits per heavy atom. The van der Waals surface area contributed by atoms with Crippen molar-refractivity contribution in [3.05, 3.63) is 24.9 Å². The van der Waals surface area contributed by atoms with Crippen LogP contribution in [0.5, 0.6) is 0 Å². The van der Waals surface area contributed by atoms with Gasteiger partial charge < -0.3 is 5.73 Å². The summed E-state index contributed by atoms with van der Waals surface area (Å²) in [4.78, 5) is 7.25. The number of rotatable bonds is 3. The average Bonchev–Trinajstić information content (AvgIpc) is 2.66. The molecule has 9 heteroatoms. The van der Waals surface area contributed by atoms with E-state index in [-0.39, 0.29) is 16.4 Å². The fraction of sp³-hybridized carbons (Fsp3) is 0. The van der Waals surface area contributed by atoms with Crippen LogP contribution < -0.4 is 10.5 Å². The Hall–Kier alpha value is -2.16. The maximum atomic E-state index is 11.8. The molecular formula is C7H8N6O2S. The molecule has 2 aromatic rings. The van der Waals surface area contributed by atoms with Crippen molar-refractivity contribution in [2.24, 2.45) is 0 Å². The Balaban J connectivity index is 2.32. The lowest BCUT2D eigenvalue weighted by molar-refractivity contribution is 0.601. The molecule has 8 nitrogen and oxygen atoms in total. The van der Waals surface area contributed by atoms with Crippen molar-refractivity contribution < 1.29 is 8.42 Å². The molecule has 0 fully saturated rings. The van der Waals surface area contributed by atoms with Crippen molar-refractivity contribution in [2.45, 2.75) is 4.90 Å². The third-order valence-corrected chi connectivity index (χ3v) is 3.14. The first kappa shape index (κ1) is 10.4. The van der Waals surface area contributed by atoms with Gasteiger partial charge in [0, 0.05) is 0 Å². The summed E-state index contributed by atoms with van der Waals surface area (Å²) in [6, 6.07) is 0. The second-order valence-electron chi connectivity index (χ2n) is 2.88. The molecule has 0 bridgehead atoms. The van der Waals surface area contributed by atoms with Crippen molar-refractivity contribution in [3.8, 4) is 0 Å². The molecule has 0 aromatic carbocycles. The van der Waals surface area contributed by atoms with Gasteiger partial charge in [-0.15, -0.1) is 0 Å². The van der Waals surface area contributed by atoms with E-state index < -0.39 is 10.0 Å². The Morgan fingerprint density at radius 2 is 1.94 bits per heavy atom. The summed E-state index contributed by atoms with van der Waals surface area (Å²) < 4.78 is 25.8. The summed E-state index contributed by atoms with van der Waals surface area (Å²) in [5.74, 6) is -0.0238. The number of anilines is 2. The zero-order valence-corrected chi connectivity index (χ0v) is 8.77. The van der Waals surface area contributed by atoms with Crippen LogP contribution in [0.3, 0.4) is 0 Å². The molecule has 0 aliphatic heterocycles. The molecule has 0 amide bonds. The summed E-state index contributed by atoms with van der Waals surface area (Å²) in [7, 11) is -3.75. The van der Waals surface area contributed by atoms with Crippen LogP contribution in [-0.2, 0) is 10.0 Å². The van der Waals surface area contributed by atoms with Crippen LogP contribution in [0.2, 0.25) is 0 Å². The fourth-order valence-corrected chi connectivity index (χ4v) is 2.11. The zero-order chi connectivity index (χ0) is 11.6. The van der Waals surface area contributed by atoms with Gasteiger partial charge >= 0.3 is 0 Å². The maximum Gasteiger partial charge on any atom is 0.267 e. The van der Waals surface area contributed by atoms with Crippen LogP contribution >= 0.6 is 0 Å². The predicted octanol–water partition coefficient (Wildman–Crippen LogP) is -0.417. The van der Waals surface area contributed by atoms with E-state index in [0.29, 0.717) is 0 Å². The molecule has 2 rings (SSSR count). The molecule has 84 valence electrons. The van der Waals surface area contributed by atoms with E-state index in [0.717, 1.165) is 6.20 Å². The average molecular weight is 240 g/mol. The van der Waals surface area contributed by atoms with E-state index in [9.17, 15) is 8.42 Å². The van der Waals surface area contributed by atoms with Crippen molar-refractivity contribution in [3.63, 3.8) is 0 Å². The first-order valence-electron chi connectivity index (χ1n) is 4.16. The smallest absolute Gasteiger partial charge is 0.267 e. The second-order valence-corrected chi connectivity index (χ2v) is 4.53. The highest BCUT2D eigenvalue weighted by atomic mass is 32.2. The Labute approximate surface area is 91.0 Å². The van der Waals surface area contributed by atoms with Crippen LogP contribution in [0.25, 0.3) is 0 Å². The number of aromatic nitrogens is 4. The highest BCUT2D eigenvalue weighted by molar-refractivity contribution is 7.92. The van der Waals surface area contributed by atoms with E-state index in [1.165, 1.54) is 18.7 Å². The van der Waals surface area contributed by atoms with Gasteiger partial charge in [0.25, 0.3) is 10.0 Å². The van der Waals surface area contributed by atoms with Crippen molar-refractivity contribution in [1.29, 1.82) is 0 Å². The largest absolute Gasteiger partial charge is 0.383 e. The fourth-order valence-electron chi connectivity index (χ4n) is 1.06. The molecule has 4 N–H and O–H groups in total. The predicted molar refractivity (Wildman–Crippen MR) is 55.8 cm³/mol. The summed E-state index contributed by atoms with van der Waals surface area (Å²) in [6.45, 7) is 0. The minimum Gasteiger partial charge on any atom is -0.383 e. The highest BCUT2D eigenvalue weighted by Gasteiger charge is 2.19. The summed E-state index contributed by atoms with van der Waals surface area (Å²) in [5, 5.41) is 5.87. The number of hydrogen-bond acceptors (Lipinski definition) is 6. The molecular weight excluding hydrogens is 232 g/mol. The standard InChI is InChI=1S/C7H8N6O2S/c8-7-6(3-11-12-7)16(14,15)13-5-1-9-4-10-2-5/h1-4,13H,(H3,8,11,12). The first-order valence-corrected chi connectivity index (χ1v) is 5.64. The monoisotopic (exact) mass is 240 g/mol. The van der Waals surface area contributed by atoms with E-state index in [4.69, 9.17) is 5.73 Å². The number of nitrogens with zero attached hydrogens (tertiary/aromatic N) is 3. The minimum atomic E-state index is -3.75. The van der Waals surface area contributed by atoms with Crippen LogP contribution in [0.1, 0.15) is 0 Å². The number of hydrogen-bond donors (Lipinski definition) is 3. The van der Waals surface area contributed by atoms with Gasteiger partial charge in [-0.05, 0) is 0 Å². The third-order valence-electron chi connectivity index (χ3n) is 1.73. The first-order chi connectivity index (χ1) is 7.59. The minimum absolute atomic E-state index is 0.0238. The van der Waals surface area contributed by atoms with Gasteiger partial charge in [0.15, 0.2) is 0 Å².